The molecule has 0 spiro atoms. The summed E-state index contributed by atoms with van der Waals surface area (Å²) >= 11 is 0. The van der Waals surface area contributed by atoms with Gasteiger partial charge in [-0.3, -0.25) is 9.59 Å². The zero-order valence-electron chi connectivity index (χ0n) is 9.43. The van der Waals surface area contributed by atoms with E-state index >= 15 is 0 Å². The Labute approximate surface area is 94.5 Å². The third kappa shape index (κ3) is 2.82. The summed E-state index contributed by atoms with van der Waals surface area (Å²) in [4.78, 5) is 23.6. The van der Waals surface area contributed by atoms with Crippen LogP contribution in [0, 0.1) is 0 Å². The molecule has 0 aliphatic heterocycles. The molecule has 0 aliphatic rings. The van der Waals surface area contributed by atoms with Crippen molar-refractivity contribution in [2.75, 3.05) is 13.6 Å². The van der Waals surface area contributed by atoms with Gasteiger partial charge in [0.25, 0.3) is 5.91 Å². The summed E-state index contributed by atoms with van der Waals surface area (Å²) in [6.07, 6.45) is 0.753. The Morgan fingerprint density at radius 3 is 2.50 bits per heavy atom. The summed E-state index contributed by atoms with van der Waals surface area (Å²) in [7, 11) is 1.49. The van der Waals surface area contributed by atoms with Crippen LogP contribution in [-0.4, -0.2) is 35.5 Å². The summed E-state index contributed by atoms with van der Waals surface area (Å²) in [6, 6.07) is 7.25. The molecule has 0 aromatic heterocycles. The van der Waals surface area contributed by atoms with E-state index in [0.717, 1.165) is 12.0 Å². The molecule has 0 bridgehead atoms. The molecule has 1 aromatic carbocycles. The van der Waals surface area contributed by atoms with E-state index in [-0.39, 0.29) is 12.5 Å². The molecule has 1 N–H and O–H groups in total. The van der Waals surface area contributed by atoms with E-state index in [2.05, 4.69) is 0 Å². The van der Waals surface area contributed by atoms with Crippen molar-refractivity contribution in [1.82, 2.24) is 4.90 Å². The molecule has 0 atom stereocenters. The minimum atomic E-state index is -1.01. The number of likely N-dealkylation sites (N-methyl/N-ethyl adjacent to an activating group) is 1. The third-order valence-electron chi connectivity index (χ3n) is 2.35. The maximum atomic E-state index is 11.9. The zero-order valence-corrected chi connectivity index (χ0v) is 9.43. The van der Waals surface area contributed by atoms with Crippen LogP contribution >= 0.6 is 0 Å². The zero-order chi connectivity index (χ0) is 12.1. The monoisotopic (exact) mass is 221 g/mol. The number of amides is 1. The Morgan fingerprint density at radius 2 is 1.94 bits per heavy atom. The van der Waals surface area contributed by atoms with E-state index < -0.39 is 5.97 Å². The van der Waals surface area contributed by atoms with E-state index in [1.165, 1.54) is 11.9 Å². The number of carbonyl (C=O) groups excluding carboxylic acids is 1. The van der Waals surface area contributed by atoms with Crippen LogP contribution in [0.25, 0.3) is 0 Å². The molecular formula is C12H15NO3. The Hall–Kier alpha value is -1.84. The van der Waals surface area contributed by atoms with E-state index in [4.69, 9.17) is 5.11 Å². The molecular weight excluding hydrogens is 206 g/mol. The molecule has 4 heteroatoms. The average Bonchev–Trinajstić information content (AvgIpc) is 2.27. The van der Waals surface area contributed by atoms with Crippen molar-refractivity contribution in [3.8, 4) is 0 Å². The van der Waals surface area contributed by atoms with E-state index in [1.54, 1.807) is 12.1 Å². The van der Waals surface area contributed by atoms with Gasteiger partial charge in [0.15, 0.2) is 0 Å². The number of hydrogen-bond acceptors (Lipinski definition) is 2. The van der Waals surface area contributed by atoms with Crippen molar-refractivity contribution < 1.29 is 14.7 Å². The summed E-state index contributed by atoms with van der Waals surface area (Å²) < 4.78 is 0. The van der Waals surface area contributed by atoms with Crippen molar-refractivity contribution in [2.45, 2.75) is 13.3 Å². The number of benzene rings is 1. The normalized spacial score (nSPS) is 9.88. The molecule has 4 nitrogen and oxygen atoms in total. The molecule has 0 heterocycles. The van der Waals surface area contributed by atoms with Gasteiger partial charge in [0.2, 0.25) is 0 Å². The molecule has 16 heavy (non-hydrogen) atoms. The van der Waals surface area contributed by atoms with Crippen LogP contribution in [0.3, 0.4) is 0 Å². The first-order chi connectivity index (χ1) is 7.56. The van der Waals surface area contributed by atoms with Crippen molar-refractivity contribution in [2.24, 2.45) is 0 Å². The molecule has 0 aliphatic carbocycles. The lowest BCUT2D eigenvalue weighted by molar-refractivity contribution is -0.137. The summed E-state index contributed by atoms with van der Waals surface area (Å²) in [6.45, 7) is 1.68. The first kappa shape index (κ1) is 12.2. The lowest BCUT2D eigenvalue weighted by Gasteiger charge is -2.16. The molecule has 1 aromatic rings. The number of carboxylic acid groups (broad SMARTS) is 1. The second-order valence-corrected chi connectivity index (χ2v) is 3.57. The fourth-order valence-electron chi connectivity index (χ4n) is 1.52. The topological polar surface area (TPSA) is 57.6 Å². The summed E-state index contributed by atoms with van der Waals surface area (Å²) in [5.74, 6) is -1.26. The standard InChI is InChI=1S/C12H15NO3/c1-3-9-6-4-5-7-10(9)12(16)13(2)8-11(14)15/h4-7H,3,8H2,1-2H3,(H,14,15). The first-order valence-electron chi connectivity index (χ1n) is 5.11. The highest BCUT2D eigenvalue weighted by molar-refractivity contribution is 5.96. The van der Waals surface area contributed by atoms with E-state index in [9.17, 15) is 9.59 Å². The highest BCUT2D eigenvalue weighted by Crippen LogP contribution is 2.11. The van der Waals surface area contributed by atoms with Gasteiger partial charge in [-0.2, -0.15) is 0 Å². The lowest BCUT2D eigenvalue weighted by atomic mass is 10.0. The van der Waals surface area contributed by atoms with Crippen LogP contribution in [0.5, 0.6) is 0 Å². The number of aliphatic carboxylic acids is 1. The van der Waals surface area contributed by atoms with Gasteiger partial charge in [0.1, 0.15) is 6.54 Å². The number of carbonyl (C=O) groups is 2. The van der Waals surface area contributed by atoms with Crippen LogP contribution in [-0.2, 0) is 11.2 Å². The Kier molecular flexibility index (Phi) is 4.05. The van der Waals surface area contributed by atoms with Crippen LogP contribution in [0.2, 0.25) is 0 Å². The SMILES string of the molecule is CCc1ccccc1C(=O)N(C)CC(=O)O. The van der Waals surface area contributed by atoms with Crippen molar-refractivity contribution in [3.05, 3.63) is 35.4 Å². The molecule has 0 saturated heterocycles. The van der Waals surface area contributed by atoms with Gasteiger partial charge in [-0.15, -0.1) is 0 Å². The second kappa shape index (κ2) is 5.30. The minimum absolute atomic E-state index is 0.250. The number of carboxylic acids is 1. The molecule has 0 fully saturated rings. The fourth-order valence-corrected chi connectivity index (χ4v) is 1.52. The first-order valence-corrected chi connectivity index (χ1v) is 5.11. The van der Waals surface area contributed by atoms with Gasteiger partial charge in [-0.25, -0.2) is 0 Å². The highest BCUT2D eigenvalue weighted by Gasteiger charge is 2.16. The van der Waals surface area contributed by atoms with Crippen molar-refractivity contribution in [3.63, 3.8) is 0 Å². The quantitative estimate of drug-likeness (QED) is 0.836. The average molecular weight is 221 g/mol. The minimum Gasteiger partial charge on any atom is -0.480 e. The number of aryl methyl sites for hydroxylation is 1. The van der Waals surface area contributed by atoms with E-state index in [0.29, 0.717) is 5.56 Å². The van der Waals surface area contributed by atoms with Crippen molar-refractivity contribution in [1.29, 1.82) is 0 Å². The summed E-state index contributed by atoms with van der Waals surface area (Å²) in [5, 5.41) is 8.61. The number of rotatable bonds is 4. The largest absolute Gasteiger partial charge is 0.480 e. The van der Waals surface area contributed by atoms with Crippen LogP contribution < -0.4 is 0 Å². The Morgan fingerprint density at radius 1 is 1.31 bits per heavy atom. The molecule has 0 radical (unpaired) electrons. The van der Waals surface area contributed by atoms with Gasteiger partial charge >= 0.3 is 5.97 Å². The van der Waals surface area contributed by atoms with Crippen LogP contribution in [0.4, 0.5) is 0 Å². The third-order valence-corrected chi connectivity index (χ3v) is 2.35. The number of hydrogen-bond donors (Lipinski definition) is 1. The van der Waals surface area contributed by atoms with Gasteiger partial charge in [0.05, 0.1) is 0 Å². The maximum absolute atomic E-state index is 11.9. The van der Waals surface area contributed by atoms with Crippen molar-refractivity contribution >= 4 is 11.9 Å². The maximum Gasteiger partial charge on any atom is 0.323 e. The lowest BCUT2D eigenvalue weighted by Crippen LogP contribution is -2.32. The van der Waals surface area contributed by atoms with Gasteiger partial charge in [0, 0.05) is 12.6 Å². The predicted octanol–water partition coefficient (Wildman–Crippen LogP) is 1.41. The fraction of sp³-hybridized carbons (Fsp3) is 0.333. The highest BCUT2D eigenvalue weighted by atomic mass is 16.4. The van der Waals surface area contributed by atoms with Crippen LogP contribution in [0.15, 0.2) is 24.3 Å². The molecule has 86 valence electrons. The molecule has 1 amide bonds. The smallest absolute Gasteiger partial charge is 0.323 e. The van der Waals surface area contributed by atoms with E-state index in [1.807, 2.05) is 19.1 Å². The molecule has 1 rings (SSSR count). The van der Waals surface area contributed by atoms with Crippen LogP contribution in [0.1, 0.15) is 22.8 Å². The number of nitrogens with zero attached hydrogens (tertiary/aromatic N) is 1. The van der Waals surface area contributed by atoms with Gasteiger partial charge < -0.3 is 10.0 Å². The predicted molar refractivity (Wildman–Crippen MR) is 60.4 cm³/mol. The Bertz CT molecular complexity index is 401. The van der Waals surface area contributed by atoms with Gasteiger partial charge in [-0.05, 0) is 18.1 Å². The Balaban J connectivity index is 2.91. The second-order valence-electron chi connectivity index (χ2n) is 3.57. The molecule has 0 unspecified atom stereocenters. The molecule has 0 saturated carbocycles. The summed E-state index contributed by atoms with van der Waals surface area (Å²) in [5.41, 5.74) is 1.51. The van der Waals surface area contributed by atoms with Gasteiger partial charge in [-0.1, -0.05) is 25.1 Å².